The maximum absolute atomic E-state index is 12.6. The van der Waals surface area contributed by atoms with Crippen molar-refractivity contribution in [1.29, 1.82) is 0 Å². The summed E-state index contributed by atoms with van der Waals surface area (Å²) in [4.78, 5) is 12.6. The number of rotatable bonds is 4. The first kappa shape index (κ1) is 18.8. The molecule has 0 bridgehead atoms. The number of nitrogens with one attached hydrogen (secondary N) is 2. The fraction of sp³-hybridized carbons (Fsp3) is 0.412. The molecule has 2 aromatic rings. The minimum absolute atomic E-state index is 0. The van der Waals surface area contributed by atoms with Gasteiger partial charge in [-0.15, -0.1) is 12.4 Å². The van der Waals surface area contributed by atoms with Gasteiger partial charge in [-0.05, 0) is 44.8 Å². The molecule has 1 aliphatic rings. The molecule has 2 N–H and O–H groups in total. The summed E-state index contributed by atoms with van der Waals surface area (Å²) in [5.41, 5.74) is 1.66. The van der Waals surface area contributed by atoms with Crippen molar-refractivity contribution in [2.45, 2.75) is 19.8 Å². The quantitative estimate of drug-likeness (QED) is 0.865. The number of aromatic nitrogens is 1. The molecule has 1 fully saturated rings. The van der Waals surface area contributed by atoms with Crippen LogP contribution in [0.4, 0.5) is 0 Å². The summed E-state index contributed by atoms with van der Waals surface area (Å²) >= 11 is 6.22. The van der Waals surface area contributed by atoms with E-state index in [2.05, 4.69) is 15.8 Å². The fourth-order valence-electron chi connectivity index (χ4n) is 2.90. The zero-order valence-electron chi connectivity index (χ0n) is 13.5. The summed E-state index contributed by atoms with van der Waals surface area (Å²) in [7, 11) is 0. The molecule has 2 heterocycles. The third-order valence-corrected chi connectivity index (χ3v) is 4.50. The molecular formula is C17H21Cl2N3O2. The SMILES string of the molecule is Cc1onc(-c2ccccc2Cl)c1C(=O)NCC1CCCNC1.Cl. The first-order valence-corrected chi connectivity index (χ1v) is 8.24. The van der Waals surface area contributed by atoms with Gasteiger partial charge in [-0.2, -0.15) is 0 Å². The Morgan fingerprint density at radius 1 is 1.46 bits per heavy atom. The third kappa shape index (κ3) is 4.09. The first-order valence-electron chi connectivity index (χ1n) is 7.87. The van der Waals surface area contributed by atoms with Gasteiger partial charge in [0, 0.05) is 12.1 Å². The topological polar surface area (TPSA) is 67.2 Å². The predicted octanol–water partition coefficient (Wildman–Crippen LogP) is 3.45. The Kier molecular flexibility index (Phi) is 6.66. The Labute approximate surface area is 152 Å². The van der Waals surface area contributed by atoms with Gasteiger partial charge in [-0.1, -0.05) is 35.0 Å². The minimum Gasteiger partial charge on any atom is -0.360 e. The highest BCUT2D eigenvalue weighted by Gasteiger charge is 2.23. The fourth-order valence-corrected chi connectivity index (χ4v) is 3.13. The van der Waals surface area contributed by atoms with Crippen molar-refractivity contribution < 1.29 is 9.32 Å². The van der Waals surface area contributed by atoms with E-state index in [0.29, 0.717) is 40.1 Å². The molecular weight excluding hydrogens is 349 g/mol. The van der Waals surface area contributed by atoms with Gasteiger partial charge < -0.3 is 15.2 Å². The van der Waals surface area contributed by atoms with Crippen LogP contribution in [0.2, 0.25) is 5.02 Å². The molecule has 1 aromatic heterocycles. The molecule has 0 radical (unpaired) electrons. The standard InChI is InChI=1S/C17H20ClN3O2.ClH/c1-11-15(17(22)20-10-12-5-4-8-19-9-12)16(21-23-11)13-6-2-3-7-14(13)18;/h2-3,6-7,12,19H,4-5,8-10H2,1H3,(H,20,22);1H. The van der Waals surface area contributed by atoms with E-state index in [1.165, 1.54) is 0 Å². The second kappa shape index (κ2) is 8.51. The lowest BCUT2D eigenvalue weighted by molar-refractivity contribution is 0.0944. The molecule has 1 unspecified atom stereocenters. The average molecular weight is 370 g/mol. The zero-order chi connectivity index (χ0) is 16.2. The number of piperidine rings is 1. The number of amides is 1. The Hall–Kier alpha value is -1.56. The van der Waals surface area contributed by atoms with Gasteiger partial charge in [0.2, 0.25) is 0 Å². The highest BCUT2D eigenvalue weighted by Crippen LogP contribution is 2.30. The van der Waals surface area contributed by atoms with E-state index in [1.54, 1.807) is 13.0 Å². The second-order valence-corrected chi connectivity index (χ2v) is 6.27. The van der Waals surface area contributed by atoms with E-state index in [-0.39, 0.29) is 18.3 Å². The van der Waals surface area contributed by atoms with Gasteiger partial charge in [-0.3, -0.25) is 4.79 Å². The number of carbonyl (C=O) groups excluding carboxylic acids is 1. The minimum atomic E-state index is -0.163. The second-order valence-electron chi connectivity index (χ2n) is 5.86. The van der Waals surface area contributed by atoms with E-state index in [4.69, 9.17) is 16.1 Å². The molecule has 1 atom stereocenters. The van der Waals surface area contributed by atoms with Crippen LogP contribution in [0.3, 0.4) is 0 Å². The molecule has 3 rings (SSSR count). The van der Waals surface area contributed by atoms with Crippen molar-refractivity contribution in [3.8, 4) is 11.3 Å². The number of halogens is 2. The largest absolute Gasteiger partial charge is 0.360 e. The monoisotopic (exact) mass is 369 g/mol. The molecule has 0 aliphatic carbocycles. The van der Waals surface area contributed by atoms with E-state index in [0.717, 1.165) is 25.9 Å². The summed E-state index contributed by atoms with van der Waals surface area (Å²) < 4.78 is 5.24. The van der Waals surface area contributed by atoms with Crippen LogP contribution in [0.15, 0.2) is 28.8 Å². The molecule has 5 nitrogen and oxygen atoms in total. The first-order chi connectivity index (χ1) is 11.2. The smallest absolute Gasteiger partial charge is 0.257 e. The normalized spacial score (nSPS) is 17.2. The summed E-state index contributed by atoms with van der Waals surface area (Å²) in [5.74, 6) is 0.806. The highest BCUT2D eigenvalue weighted by atomic mass is 35.5. The number of hydrogen-bond acceptors (Lipinski definition) is 4. The zero-order valence-corrected chi connectivity index (χ0v) is 15.0. The van der Waals surface area contributed by atoms with Crippen LogP contribution in [-0.2, 0) is 0 Å². The van der Waals surface area contributed by atoms with Gasteiger partial charge >= 0.3 is 0 Å². The van der Waals surface area contributed by atoms with Crippen molar-refractivity contribution in [2.24, 2.45) is 5.92 Å². The van der Waals surface area contributed by atoms with E-state index >= 15 is 0 Å². The van der Waals surface area contributed by atoms with Gasteiger partial charge in [0.25, 0.3) is 5.91 Å². The lowest BCUT2D eigenvalue weighted by Crippen LogP contribution is -2.38. The van der Waals surface area contributed by atoms with Crippen molar-refractivity contribution in [3.63, 3.8) is 0 Å². The number of hydrogen-bond donors (Lipinski definition) is 2. The van der Waals surface area contributed by atoms with Gasteiger partial charge in [0.15, 0.2) is 0 Å². The van der Waals surface area contributed by atoms with E-state index in [1.807, 2.05) is 18.2 Å². The Morgan fingerprint density at radius 3 is 2.96 bits per heavy atom. The summed E-state index contributed by atoms with van der Waals surface area (Å²) in [6.45, 7) is 4.40. The Morgan fingerprint density at radius 2 is 2.25 bits per heavy atom. The number of benzene rings is 1. The predicted molar refractivity (Wildman–Crippen MR) is 96.9 cm³/mol. The molecule has 0 saturated carbocycles. The Balaban J connectivity index is 0.00000208. The van der Waals surface area contributed by atoms with Crippen molar-refractivity contribution in [2.75, 3.05) is 19.6 Å². The van der Waals surface area contributed by atoms with Gasteiger partial charge in [0.05, 0.1) is 5.02 Å². The molecule has 1 saturated heterocycles. The van der Waals surface area contributed by atoms with Crippen LogP contribution >= 0.6 is 24.0 Å². The van der Waals surface area contributed by atoms with Crippen molar-refractivity contribution in [1.82, 2.24) is 15.8 Å². The molecule has 1 aromatic carbocycles. The maximum Gasteiger partial charge on any atom is 0.257 e. The van der Waals surface area contributed by atoms with Crippen LogP contribution in [0.25, 0.3) is 11.3 Å². The van der Waals surface area contributed by atoms with Crippen molar-refractivity contribution >= 4 is 29.9 Å². The molecule has 1 aliphatic heterocycles. The van der Waals surface area contributed by atoms with Gasteiger partial charge in [-0.25, -0.2) is 0 Å². The number of carbonyl (C=O) groups is 1. The lowest BCUT2D eigenvalue weighted by Gasteiger charge is -2.22. The summed E-state index contributed by atoms with van der Waals surface area (Å²) in [5, 5.41) is 10.9. The van der Waals surface area contributed by atoms with Crippen LogP contribution in [0.1, 0.15) is 29.0 Å². The van der Waals surface area contributed by atoms with Crippen LogP contribution in [-0.4, -0.2) is 30.7 Å². The number of nitrogens with zero attached hydrogens (tertiary/aromatic N) is 1. The van der Waals surface area contributed by atoms with Crippen LogP contribution in [0, 0.1) is 12.8 Å². The summed E-state index contributed by atoms with van der Waals surface area (Å²) in [6, 6.07) is 7.31. The van der Waals surface area contributed by atoms with E-state index in [9.17, 15) is 4.79 Å². The molecule has 130 valence electrons. The van der Waals surface area contributed by atoms with Crippen molar-refractivity contribution in [3.05, 3.63) is 40.6 Å². The number of aryl methyl sites for hydroxylation is 1. The molecule has 0 spiro atoms. The van der Waals surface area contributed by atoms with Gasteiger partial charge in [0.1, 0.15) is 17.0 Å². The molecule has 7 heteroatoms. The average Bonchev–Trinajstić information content (AvgIpc) is 2.95. The van der Waals surface area contributed by atoms with E-state index < -0.39 is 0 Å². The maximum atomic E-state index is 12.6. The molecule has 1 amide bonds. The highest BCUT2D eigenvalue weighted by molar-refractivity contribution is 6.33. The molecule has 24 heavy (non-hydrogen) atoms. The van der Waals surface area contributed by atoms with Crippen LogP contribution < -0.4 is 10.6 Å². The Bertz CT molecular complexity index is 697. The van der Waals surface area contributed by atoms with Crippen LogP contribution in [0.5, 0.6) is 0 Å². The summed E-state index contributed by atoms with van der Waals surface area (Å²) in [6.07, 6.45) is 2.28. The third-order valence-electron chi connectivity index (χ3n) is 4.17. The lowest BCUT2D eigenvalue weighted by atomic mass is 9.99.